The first-order valence-corrected chi connectivity index (χ1v) is 7.82. The Kier molecular flexibility index (Phi) is 2.73. The van der Waals surface area contributed by atoms with Crippen LogP contribution in [0.5, 0.6) is 0 Å². The summed E-state index contributed by atoms with van der Waals surface area (Å²) in [5.41, 5.74) is 1.85. The van der Waals surface area contributed by atoms with Crippen LogP contribution >= 0.6 is 11.3 Å². The molecule has 1 aliphatic heterocycles. The molecule has 0 bridgehead atoms. The monoisotopic (exact) mass is 280 g/mol. The molecule has 0 aliphatic carbocycles. The first-order valence-electron chi connectivity index (χ1n) is 5.57. The molecule has 3 heterocycles. The minimum atomic E-state index is -3.37. The first kappa shape index (κ1) is 11.8. The van der Waals surface area contributed by atoms with E-state index in [2.05, 4.69) is 4.98 Å². The highest BCUT2D eigenvalue weighted by molar-refractivity contribution is 7.91. The van der Waals surface area contributed by atoms with E-state index in [1.165, 1.54) is 15.6 Å². The number of hydrogen-bond donors (Lipinski definition) is 0. The van der Waals surface area contributed by atoms with E-state index >= 15 is 0 Å². The minimum absolute atomic E-state index is 0.370. The molecular formula is C12H12N2O2S2. The van der Waals surface area contributed by atoms with E-state index < -0.39 is 10.0 Å². The van der Waals surface area contributed by atoms with Crippen molar-refractivity contribution in [3.8, 4) is 0 Å². The number of sulfonamides is 1. The van der Waals surface area contributed by atoms with Crippen LogP contribution in [0.2, 0.25) is 0 Å². The van der Waals surface area contributed by atoms with Crippen LogP contribution in [-0.2, 0) is 23.1 Å². The van der Waals surface area contributed by atoms with E-state index in [0.29, 0.717) is 17.3 Å². The van der Waals surface area contributed by atoms with Crippen LogP contribution in [0.1, 0.15) is 16.1 Å². The predicted molar refractivity (Wildman–Crippen MR) is 69.7 cm³/mol. The number of thiophene rings is 1. The van der Waals surface area contributed by atoms with Crippen molar-refractivity contribution in [2.45, 2.75) is 24.2 Å². The maximum Gasteiger partial charge on any atom is 0.253 e. The van der Waals surface area contributed by atoms with Crippen molar-refractivity contribution in [1.29, 1.82) is 0 Å². The van der Waals surface area contributed by atoms with Gasteiger partial charge in [0.2, 0.25) is 0 Å². The molecule has 0 amide bonds. The Morgan fingerprint density at radius 3 is 2.78 bits per heavy atom. The molecule has 1 aliphatic rings. The van der Waals surface area contributed by atoms with Crippen molar-refractivity contribution in [2.24, 2.45) is 0 Å². The fourth-order valence-electron chi connectivity index (χ4n) is 2.02. The third-order valence-corrected chi connectivity index (χ3v) is 6.23. The van der Waals surface area contributed by atoms with Crippen molar-refractivity contribution < 1.29 is 8.42 Å². The summed E-state index contributed by atoms with van der Waals surface area (Å²) >= 11 is 1.31. The van der Waals surface area contributed by atoms with E-state index in [-0.39, 0.29) is 0 Å². The van der Waals surface area contributed by atoms with Crippen LogP contribution < -0.4 is 0 Å². The molecule has 2 aromatic heterocycles. The van der Waals surface area contributed by atoms with Crippen molar-refractivity contribution in [3.63, 3.8) is 0 Å². The Bertz CT molecular complexity index is 667. The molecule has 0 N–H and O–H groups in total. The Labute approximate surface area is 110 Å². The van der Waals surface area contributed by atoms with Gasteiger partial charge in [0, 0.05) is 17.6 Å². The highest BCUT2D eigenvalue weighted by Crippen LogP contribution is 2.30. The molecular weight excluding hydrogens is 268 g/mol. The van der Waals surface area contributed by atoms with Gasteiger partial charge < -0.3 is 0 Å². The largest absolute Gasteiger partial charge is 0.260 e. The summed E-state index contributed by atoms with van der Waals surface area (Å²) in [6.45, 7) is 2.70. The van der Waals surface area contributed by atoms with Crippen LogP contribution in [0.3, 0.4) is 0 Å². The second-order valence-electron chi connectivity index (χ2n) is 4.25. The summed E-state index contributed by atoms with van der Waals surface area (Å²) in [5.74, 6) is 0. The molecule has 4 nitrogen and oxygen atoms in total. The SMILES string of the molecule is Cc1ccc(S(=O)(=O)N2Cc3cccnc3C2)s1. The Balaban J connectivity index is 1.95. The summed E-state index contributed by atoms with van der Waals surface area (Å²) in [5, 5.41) is 0. The molecule has 2 aromatic rings. The zero-order chi connectivity index (χ0) is 12.8. The number of fused-ring (bicyclic) bond motifs is 1. The quantitative estimate of drug-likeness (QED) is 0.847. The van der Waals surface area contributed by atoms with Gasteiger partial charge in [-0.2, -0.15) is 4.31 Å². The lowest BCUT2D eigenvalue weighted by atomic mass is 10.2. The summed E-state index contributed by atoms with van der Waals surface area (Å²) in [6.07, 6.45) is 1.70. The fourth-order valence-corrected chi connectivity index (χ4v) is 4.84. The number of aryl methyl sites for hydroxylation is 1. The van der Waals surface area contributed by atoms with Crippen molar-refractivity contribution >= 4 is 21.4 Å². The van der Waals surface area contributed by atoms with Crippen LogP contribution in [-0.4, -0.2) is 17.7 Å². The number of pyridine rings is 1. The maximum absolute atomic E-state index is 12.4. The third kappa shape index (κ3) is 1.86. The first-order chi connectivity index (χ1) is 8.57. The molecule has 0 aromatic carbocycles. The number of rotatable bonds is 2. The smallest absolute Gasteiger partial charge is 0.253 e. The Morgan fingerprint density at radius 2 is 2.11 bits per heavy atom. The summed E-state index contributed by atoms with van der Waals surface area (Å²) in [6, 6.07) is 7.27. The van der Waals surface area contributed by atoms with Gasteiger partial charge in [-0.25, -0.2) is 8.42 Å². The van der Waals surface area contributed by atoms with Gasteiger partial charge in [-0.3, -0.25) is 4.98 Å². The Hall–Kier alpha value is -1.24. The molecule has 94 valence electrons. The molecule has 6 heteroatoms. The minimum Gasteiger partial charge on any atom is -0.260 e. The van der Waals surface area contributed by atoms with Gasteiger partial charge in [-0.05, 0) is 30.7 Å². The van der Waals surface area contributed by atoms with Crippen molar-refractivity contribution in [3.05, 3.63) is 46.6 Å². The molecule has 0 saturated heterocycles. The summed E-state index contributed by atoms with van der Waals surface area (Å²) < 4.78 is 26.7. The number of hydrogen-bond acceptors (Lipinski definition) is 4. The lowest BCUT2D eigenvalue weighted by Gasteiger charge is -2.13. The third-order valence-electron chi connectivity index (χ3n) is 2.97. The molecule has 0 saturated carbocycles. The highest BCUT2D eigenvalue weighted by Gasteiger charge is 2.31. The summed E-state index contributed by atoms with van der Waals surface area (Å²) in [4.78, 5) is 5.22. The molecule has 0 radical (unpaired) electrons. The van der Waals surface area contributed by atoms with Gasteiger partial charge in [0.25, 0.3) is 10.0 Å². The predicted octanol–water partition coefficient (Wildman–Crippen LogP) is 2.16. The number of aromatic nitrogens is 1. The maximum atomic E-state index is 12.4. The van der Waals surface area contributed by atoms with Gasteiger partial charge in [0.05, 0.1) is 12.2 Å². The van der Waals surface area contributed by atoms with E-state index in [4.69, 9.17) is 0 Å². The molecule has 0 fully saturated rings. The lowest BCUT2D eigenvalue weighted by Crippen LogP contribution is -2.24. The molecule has 18 heavy (non-hydrogen) atoms. The van der Waals surface area contributed by atoms with E-state index in [9.17, 15) is 8.42 Å². The van der Waals surface area contributed by atoms with Crippen molar-refractivity contribution in [1.82, 2.24) is 9.29 Å². The van der Waals surface area contributed by atoms with Crippen LogP contribution in [0, 0.1) is 6.92 Å². The van der Waals surface area contributed by atoms with Gasteiger partial charge in [-0.1, -0.05) is 6.07 Å². The molecule has 0 unspecified atom stereocenters. The van der Waals surface area contributed by atoms with Crippen molar-refractivity contribution in [2.75, 3.05) is 0 Å². The van der Waals surface area contributed by atoms with Gasteiger partial charge >= 0.3 is 0 Å². The Morgan fingerprint density at radius 1 is 1.28 bits per heavy atom. The number of nitrogens with zero attached hydrogens (tertiary/aromatic N) is 2. The normalized spacial score (nSPS) is 15.8. The zero-order valence-corrected chi connectivity index (χ0v) is 11.5. The molecule has 3 rings (SSSR count). The lowest BCUT2D eigenvalue weighted by molar-refractivity contribution is 0.431. The van der Waals surface area contributed by atoms with Gasteiger partial charge in [0.1, 0.15) is 4.21 Å². The molecule has 0 spiro atoms. The highest BCUT2D eigenvalue weighted by atomic mass is 32.2. The van der Waals surface area contributed by atoms with E-state index in [1.54, 1.807) is 12.3 Å². The zero-order valence-electron chi connectivity index (χ0n) is 9.83. The van der Waals surface area contributed by atoms with E-state index in [0.717, 1.165) is 16.1 Å². The second-order valence-corrected chi connectivity index (χ2v) is 7.70. The fraction of sp³-hybridized carbons (Fsp3) is 0.250. The average molecular weight is 280 g/mol. The standard InChI is InChI=1S/C12H12N2O2S2/c1-9-4-5-12(17-9)18(15,16)14-7-10-3-2-6-13-11(10)8-14/h2-6H,7-8H2,1H3. The van der Waals surface area contributed by atoms with Crippen LogP contribution in [0.15, 0.2) is 34.7 Å². The topological polar surface area (TPSA) is 50.3 Å². The van der Waals surface area contributed by atoms with Gasteiger partial charge in [-0.15, -0.1) is 11.3 Å². The second kappa shape index (κ2) is 4.15. The van der Waals surface area contributed by atoms with Gasteiger partial charge in [0.15, 0.2) is 0 Å². The van der Waals surface area contributed by atoms with Crippen LogP contribution in [0.4, 0.5) is 0 Å². The average Bonchev–Trinajstić information content (AvgIpc) is 2.94. The van der Waals surface area contributed by atoms with E-state index in [1.807, 2.05) is 25.1 Å². The van der Waals surface area contributed by atoms with Crippen LogP contribution in [0.25, 0.3) is 0 Å². The summed E-state index contributed by atoms with van der Waals surface area (Å²) in [7, 11) is -3.37. The molecule has 0 atom stereocenters.